The molecule has 1 aliphatic carbocycles. The number of fused-ring (bicyclic) bond motifs is 1. The number of likely N-dealkylation sites (tertiary alicyclic amines) is 1. The Bertz CT molecular complexity index is 1040. The van der Waals surface area contributed by atoms with Gasteiger partial charge in [-0.05, 0) is 80.5 Å². The van der Waals surface area contributed by atoms with E-state index in [1.165, 1.54) is 12.0 Å². The Kier molecular flexibility index (Phi) is 7.54. The summed E-state index contributed by atoms with van der Waals surface area (Å²) in [7, 11) is 1.67. The lowest BCUT2D eigenvalue weighted by Crippen LogP contribution is -2.34. The van der Waals surface area contributed by atoms with Crippen molar-refractivity contribution in [3.8, 4) is 5.75 Å². The summed E-state index contributed by atoms with van der Waals surface area (Å²) in [6.45, 7) is 3.09. The Balaban J connectivity index is 1.12. The summed E-state index contributed by atoms with van der Waals surface area (Å²) in [5.74, 6) is 1.49. The van der Waals surface area contributed by atoms with E-state index in [2.05, 4.69) is 22.3 Å². The number of anilines is 1. The van der Waals surface area contributed by atoms with Crippen molar-refractivity contribution >= 4 is 11.8 Å². The highest BCUT2D eigenvalue weighted by molar-refractivity contribution is 5.77. The van der Waals surface area contributed by atoms with E-state index in [1.807, 2.05) is 18.2 Å². The van der Waals surface area contributed by atoms with Crippen molar-refractivity contribution < 1.29 is 19.4 Å². The minimum Gasteiger partial charge on any atom is -0.496 e. The van der Waals surface area contributed by atoms with Gasteiger partial charge in [-0.25, -0.2) is 4.98 Å². The SMILES string of the molecule is COc1cccc(C(C(=O)O)N2CC[C@@H](OCCCCc3ccc4c(n3)NCCC4)C2)c1C1CC1. The maximum atomic E-state index is 12.4. The number of aliphatic carboxylic acids is 1. The van der Waals surface area contributed by atoms with E-state index in [1.54, 1.807) is 7.11 Å². The van der Waals surface area contributed by atoms with Crippen molar-refractivity contribution in [3.05, 3.63) is 52.7 Å². The molecule has 2 atom stereocenters. The number of carboxylic acids is 1. The Labute approximate surface area is 207 Å². The summed E-state index contributed by atoms with van der Waals surface area (Å²) in [4.78, 5) is 19.2. The molecule has 3 aliphatic rings. The number of hydrogen-bond acceptors (Lipinski definition) is 6. The van der Waals surface area contributed by atoms with E-state index in [9.17, 15) is 9.90 Å². The lowest BCUT2D eigenvalue weighted by Gasteiger charge is -2.27. The molecule has 7 heteroatoms. The van der Waals surface area contributed by atoms with Crippen LogP contribution in [0.5, 0.6) is 5.75 Å². The van der Waals surface area contributed by atoms with Crippen LogP contribution in [-0.4, -0.2) is 60.4 Å². The third kappa shape index (κ3) is 5.62. The summed E-state index contributed by atoms with van der Waals surface area (Å²) >= 11 is 0. The van der Waals surface area contributed by atoms with Crippen LogP contribution in [0.1, 0.15) is 72.9 Å². The van der Waals surface area contributed by atoms with E-state index in [-0.39, 0.29) is 6.10 Å². The highest BCUT2D eigenvalue weighted by Gasteiger charge is 2.39. The van der Waals surface area contributed by atoms with E-state index < -0.39 is 12.0 Å². The molecule has 0 radical (unpaired) electrons. The van der Waals surface area contributed by atoms with Crippen molar-refractivity contribution in [3.63, 3.8) is 0 Å². The van der Waals surface area contributed by atoms with Gasteiger partial charge in [0, 0.05) is 37.5 Å². The summed E-state index contributed by atoms with van der Waals surface area (Å²) in [5, 5.41) is 13.6. The second-order valence-corrected chi connectivity index (χ2v) is 10.1. The van der Waals surface area contributed by atoms with Crippen LogP contribution in [0.3, 0.4) is 0 Å². The first-order valence-electron chi connectivity index (χ1n) is 13.1. The van der Waals surface area contributed by atoms with Crippen LogP contribution >= 0.6 is 0 Å². The number of ether oxygens (including phenoxy) is 2. The first-order chi connectivity index (χ1) is 17.1. The molecule has 1 aromatic heterocycles. The number of nitrogens with zero attached hydrogens (tertiary/aromatic N) is 2. The van der Waals surface area contributed by atoms with Crippen molar-refractivity contribution in [1.82, 2.24) is 9.88 Å². The number of aromatic nitrogens is 1. The molecule has 2 aliphatic heterocycles. The molecule has 5 rings (SSSR count). The quantitative estimate of drug-likeness (QED) is 0.457. The van der Waals surface area contributed by atoms with Crippen LogP contribution in [0.15, 0.2) is 30.3 Å². The van der Waals surface area contributed by atoms with Gasteiger partial charge in [0.05, 0.1) is 13.2 Å². The molecule has 1 unspecified atom stereocenters. The molecule has 3 heterocycles. The van der Waals surface area contributed by atoms with Crippen LogP contribution in [0.25, 0.3) is 0 Å². The van der Waals surface area contributed by atoms with E-state index in [4.69, 9.17) is 14.5 Å². The zero-order chi connectivity index (χ0) is 24.2. The maximum Gasteiger partial charge on any atom is 0.325 e. The number of rotatable bonds is 11. The van der Waals surface area contributed by atoms with Gasteiger partial charge in [0.2, 0.25) is 0 Å². The Hall–Kier alpha value is -2.64. The summed E-state index contributed by atoms with van der Waals surface area (Å²) in [6, 6.07) is 9.53. The normalized spacial score (nSPS) is 20.8. The van der Waals surface area contributed by atoms with Crippen LogP contribution < -0.4 is 10.1 Å². The van der Waals surface area contributed by atoms with Crippen molar-refractivity contribution in [2.45, 2.75) is 69.4 Å². The molecular formula is C28H37N3O4. The van der Waals surface area contributed by atoms with Gasteiger partial charge in [-0.2, -0.15) is 0 Å². The highest BCUT2D eigenvalue weighted by atomic mass is 16.5. The number of aryl methyl sites for hydroxylation is 2. The van der Waals surface area contributed by atoms with Crippen LogP contribution in [0.2, 0.25) is 0 Å². The topological polar surface area (TPSA) is 83.9 Å². The minimum absolute atomic E-state index is 0.0814. The number of carbonyl (C=O) groups is 1. The molecular weight excluding hydrogens is 442 g/mol. The molecule has 35 heavy (non-hydrogen) atoms. The van der Waals surface area contributed by atoms with Gasteiger partial charge in [0.15, 0.2) is 0 Å². The fourth-order valence-corrected chi connectivity index (χ4v) is 5.56. The highest BCUT2D eigenvalue weighted by Crippen LogP contribution is 2.48. The molecule has 0 spiro atoms. The number of hydrogen-bond donors (Lipinski definition) is 2. The molecule has 2 aromatic rings. The first kappa shape index (κ1) is 24.1. The summed E-state index contributed by atoms with van der Waals surface area (Å²) in [6.07, 6.45) is 8.41. The second kappa shape index (κ2) is 11.0. The Morgan fingerprint density at radius 1 is 1.23 bits per heavy atom. The zero-order valence-electron chi connectivity index (χ0n) is 20.7. The molecule has 0 amide bonds. The molecule has 2 fully saturated rings. The van der Waals surface area contributed by atoms with Crippen molar-refractivity contribution in [2.75, 3.05) is 38.7 Å². The predicted octanol–water partition coefficient (Wildman–Crippen LogP) is 4.57. The van der Waals surface area contributed by atoms with Crippen molar-refractivity contribution in [2.24, 2.45) is 0 Å². The van der Waals surface area contributed by atoms with E-state index in [0.717, 1.165) is 86.4 Å². The fourth-order valence-electron chi connectivity index (χ4n) is 5.56. The third-order valence-electron chi connectivity index (χ3n) is 7.51. The number of pyridine rings is 1. The molecule has 1 aromatic carbocycles. The van der Waals surface area contributed by atoms with E-state index >= 15 is 0 Å². The van der Waals surface area contributed by atoms with Gasteiger partial charge >= 0.3 is 5.97 Å². The van der Waals surface area contributed by atoms with Gasteiger partial charge in [-0.15, -0.1) is 0 Å². The van der Waals surface area contributed by atoms with Crippen molar-refractivity contribution in [1.29, 1.82) is 0 Å². The molecule has 1 saturated heterocycles. The maximum absolute atomic E-state index is 12.4. The Morgan fingerprint density at radius 2 is 2.11 bits per heavy atom. The van der Waals surface area contributed by atoms with Crippen LogP contribution in [-0.2, 0) is 22.4 Å². The molecule has 0 bridgehead atoms. The molecule has 1 saturated carbocycles. The molecule has 188 valence electrons. The van der Waals surface area contributed by atoms with Gasteiger partial charge in [-0.1, -0.05) is 18.2 Å². The molecule has 2 N–H and O–H groups in total. The number of unbranched alkanes of at least 4 members (excludes halogenated alkanes) is 1. The summed E-state index contributed by atoms with van der Waals surface area (Å²) < 4.78 is 11.8. The van der Waals surface area contributed by atoms with E-state index in [0.29, 0.717) is 19.1 Å². The number of nitrogens with one attached hydrogen (secondary N) is 1. The largest absolute Gasteiger partial charge is 0.496 e. The first-order valence-corrected chi connectivity index (χ1v) is 13.1. The third-order valence-corrected chi connectivity index (χ3v) is 7.51. The van der Waals surface area contributed by atoms with Crippen LogP contribution in [0.4, 0.5) is 5.82 Å². The lowest BCUT2D eigenvalue weighted by atomic mass is 9.95. The van der Waals surface area contributed by atoms with Crippen LogP contribution in [0, 0.1) is 0 Å². The average Bonchev–Trinajstić information content (AvgIpc) is 3.61. The number of carboxylic acid groups (broad SMARTS) is 1. The zero-order valence-corrected chi connectivity index (χ0v) is 20.7. The predicted molar refractivity (Wildman–Crippen MR) is 135 cm³/mol. The fraction of sp³-hybridized carbons (Fsp3) is 0.571. The smallest absolute Gasteiger partial charge is 0.325 e. The average molecular weight is 480 g/mol. The second-order valence-electron chi connectivity index (χ2n) is 10.1. The number of benzene rings is 1. The lowest BCUT2D eigenvalue weighted by molar-refractivity contribution is -0.143. The summed E-state index contributed by atoms with van der Waals surface area (Å²) in [5.41, 5.74) is 4.43. The van der Waals surface area contributed by atoms with Gasteiger partial charge in [-0.3, -0.25) is 9.69 Å². The standard InChI is InChI=1S/C28H37N3O4/c1-34-24-9-4-8-23(25(24)19-10-11-19)26(28(32)33)31-16-14-22(18-31)35-17-3-2-7-21-13-12-20-6-5-15-29-27(20)30-21/h4,8-9,12-13,19,22,26H,2-3,5-7,10-11,14-18H2,1H3,(H,29,30)(H,32,33)/t22-,26?/m1/s1. The Morgan fingerprint density at radius 3 is 2.91 bits per heavy atom. The van der Waals surface area contributed by atoms with Gasteiger partial charge < -0.3 is 19.9 Å². The van der Waals surface area contributed by atoms with Gasteiger partial charge in [0.1, 0.15) is 17.6 Å². The number of methoxy groups -OCH3 is 1. The minimum atomic E-state index is -0.798. The molecule has 7 nitrogen and oxygen atoms in total. The monoisotopic (exact) mass is 479 g/mol. The van der Waals surface area contributed by atoms with Gasteiger partial charge in [0.25, 0.3) is 0 Å².